The van der Waals surface area contributed by atoms with E-state index in [0.29, 0.717) is 12.1 Å². The van der Waals surface area contributed by atoms with E-state index in [1.54, 1.807) is 16.9 Å². The van der Waals surface area contributed by atoms with Crippen molar-refractivity contribution in [2.75, 3.05) is 0 Å². The van der Waals surface area contributed by atoms with Gasteiger partial charge in [-0.2, -0.15) is 5.10 Å². The molecule has 0 saturated carbocycles. The summed E-state index contributed by atoms with van der Waals surface area (Å²) in [5.74, 6) is 5.28. The van der Waals surface area contributed by atoms with Gasteiger partial charge in [-0.05, 0) is 30.7 Å². The van der Waals surface area contributed by atoms with Crippen molar-refractivity contribution in [3.63, 3.8) is 0 Å². The molecule has 0 aliphatic carbocycles. The fraction of sp³-hybridized carbons (Fsp3) is 0.308. The number of alkyl halides is 3. The molecule has 1 atom stereocenters. The molecule has 0 fully saturated rings. The summed E-state index contributed by atoms with van der Waals surface area (Å²) >= 11 is 0. The first-order valence-electron chi connectivity index (χ1n) is 6.28. The van der Waals surface area contributed by atoms with Gasteiger partial charge < -0.3 is 4.74 Å². The maximum Gasteiger partial charge on any atom is 0.573 e. The standard InChI is InChI=1S/C13H15F3N4O/c1-2-20-11(7-8-18-20)12(19-17)9-3-5-10(6-4-9)21-13(14,15)16/h3-8,12,19H,2,17H2,1H3. The van der Waals surface area contributed by atoms with Gasteiger partial charge in [0.1, 0.15) is 5.75 Å². The van der Waals surface area contributed by atoms with Crippen molar-refractivity contribution in [1.29, 1.82) is 0 Å². The summed E-state index contributed by atoms with van der Waals surface area (Å²) in [6, 6.07) is 6.98. The van der Waals surface area contributed by atoms with Crippen molar-refractivity contribution in [3.05, 3.63) is 47.8 Å². The molecule has 0 amide bonds. The number of rotatable bonds is 5. The molecule has 2 aromatic rings. The number of nitrogens with zero attached hydrogens (tertiary/aromatic N) is 2. The molecular weight excluding hydrogens is 285 g/mol. The lowest BCUT2D eigenvalue weighted by Crippen LogP contribution is -2.30. The quantitative estimate of drug-likeness (QED) is 0.657. The van der Waals surface area contributed by atoms with Crippen LogP contribution in [0.4, 0.5) is 13.2 Å². The maximum atomic E-state index is 12.1. The van der Waals surface area contributed by atoms with E-state index in [-0.39, 0.29) is 11.8 Å². The number of nitrogens with two attached hydrogens (primary N) is 1. The molecule has 5 nitrogen and oxygen atoms in total. The second-order valence-corrected chi connectivity index (χ2v) is 4.29. The SMILES string of the molecule is CCn1nccc1C(NN)c1ccc(OC(F)(F)F)cc1. The number of aromatic nitrogens is 2. The second kappa shape index (κ2) is 6.15. The third kappa shape index (κ3) is 3.73. The smallest absolute Gasteiger partial charge is 0.406 e. The van der Waals surface area contributed by atoms with Crippen LogP contribution in [0.2, 0.25) is 0 Å². The number of hydrazine groups is 1. The monoisotopic (exact) mass is 300 g/mol. The Kier molecular flexibility index (Phi) is 4.49. The molecule has 8 heteroatoms. The summed E-state index contributed by atoms with van der Waals surface area (Å²) in [6.07, 6.45) is -3.06. The van der Waals surface area contributed by atoms with E-state index in [9.17, 15) is 13.2 Å². The third-order valence-corrected chi connectivity index (χ3v) is 2.96. The Labute approximate surface area is 119 Å². The molecule has 1 aromatic heterocycles. The third-order valence-electron chi connectivity index (χ3n) is 2.96. The lowest BCUT2D eigenvalue weighted by Gasteiger charge is -2.18. The Balaban J connectivity index is 2.23. The molecule has 3 N–H and O–H groups in total. The average Bonchev–Trinajstić information content (AvgIpc) is 2.88. The fourth-order valence-corrected chi connectivity index (χ4v) is 2.07. The molecule has 2 rings (SSSR count). The number of aryl methyl sites for hydroxylation is 1. The Morgan fingerprint density at radius 1 is 1.29 bits per heavy atom. The highest BCUT2D eigenvalue weighted by molar-refractivity contribution is 5.33. The number of hydrogen-bond donors (Lipinski definition) is 2. The van der Waals surface area contributed by atoms with Gasteiger partial charge in [-0.25, -0.2) is 5.43 Å². The van der Waals surface area contributed by atoms with Crippen molar-refractivity contribution in [2.45, 2.75) is 25.9 Å². The minimum atomic E-state index is -4.70. The highest BCUT2D eigenvalue weighted by Gasteiger charge is 2.31. The Bertz CT molecular complexity index is 580. The molecule has 0 spiro atoms. The Hall–Kier alpha value is -2.06. The van der Waals surface area contributed by atoms with Crippen molar-refractivity contribution < 1.29 is 17.9 Å². The predicted molar refractivity (Wildman–Crippen MR) is 70.2 cm³/mol. The first-order chi connectivity index (χ1) is 9.94. The van der Waals surface area contributed by atoms with Crippen LogP contribution in [0.1, 0.15) is 24.2 Å². The van der Waals surface area contributed by atoms with E-state index >= 15 is 0 Å². The van der Waals surface area contributed by atoms with E-state index < -0.39 is 6.36 Å². The van der Waals surface area contributed by atoms with E-state index in [0.717, 1.165) is 5.69 Å². The number of halogens is 3. The predicted octanol–water partition coefficient (Wildman–Crippen LogP) is 2.35. The van der Waals surface area contributed by atoms with Gasteiger partial charge in [0, 0.05) is 12.7 Å². The van der Waals surface area contributed by atoms with E-state index in [1.165, 1.54) is 24.3 Å². The lowest BCUT2D eigenvalue weighted by atomic mass is 10.0. The summed E-state index contributed by atoms with van der Waals surface area (Å²) in [4.78, 5) is 0. The van der Waals surface area contributed by atoms with Crippen LogP contribution in [0, 0.1) is 0 Å². The van der Waals surface area contributed by atoms with Crippen LogP contribution in [-0.2, 0) is 6.54 Å². The minimum Gasteiger partial charge on any atom is -0.406 e. The molecule has 1 aromatic carbocycles. The molecule has 0 bridgehead atoms. The van der Waals surface area contributed by atoms with Crippen molar-refractivity contribution >= 4 is 0 Å². The van der Waals surface area contributed by atoms with Gasteiger partial charge in [0.2, 0.25) is 0 Å². The van der Waals surface area contributed by atoms with Gasteiger partial charge in [-0.1, -0.05) is 12.1 Å². The topological polar surface area (TPSA) is 65.1 Å². The van der Waals surface area contributed by atoms with E-state index in [4.69, 9.17) is 5.84 Å². The van der Waals surface area contributed by atoms with Crippen molar-refractivity contribution in [2.24, 2.45) is 5.84 Å². The van der Waals surface area contributed by atoms with Gasteiger partial charge in [-0.3, -0.25) is 10.5 Å². The van der Waals surface area contributed by atoms with E-state index in [2.05, 4.69) is 15.3 Å². The van der Waals surface area contributed by atoms with Crippen LogP contribution in [-0.4, -0.2) is 16.1 Å². The minimum absolute atomic E-state index is 0.272. The summed E-state index contributed by atoms with van der Waals surface area (Å²) in [7, 11) is 0. The largest absolute Gasteiger partial charge is 0.573 e. The van der Waals surface area contributed by atoms with Gasteiger partial charge in [-0.15, -0.1) is 13.2 Å². The first-order valence-corrected chi connectivity index (χ1v) is 6.28. The Morgan fingerprint density at radius 2 is 1.95 bits per heavy atom. The normalized spacial score (nSPS) is 13.2. The summed E-state index contributed by atoms with van der Waals surface area (Å²) in [6.45, 7) is 2.60. The van der Waals surface area contributed by atoms with Crippen LogP contribution < -0.4 is 16.0 Å². The van der Waals surface area contributed by atoms with Gasteiger partial charge >= 0.3 is 6.36 Å². The molecule has 21 heavy (non-hydrogen) atoms. The van der Waals surface area contributed by atoms with Gasteiger partial charge in [0.05, 0.1) is 11.7 Å². The van der Waals surface area contributed by atoms with E-state index in [1.807, 2.05) is 6.92 Å². The first kappa shape index (κ1) is 15.3. The highest BCUT2D eigenvalue weighted by Crippen LogP contribution is 2.26. The maximum absolute atomic E-state index is 12.1. The molecule has 1 heterocycles. The van der Waals surface area contributed by atoms with Gasteiger partial charge in [0.25, 0.3) is 0 Å². The van der Waals surface area contributed by atoms with Crippen molar-refractivity contribution in [1.82, 2.24) is 15.2 Å². The molecule has 114 valence electrons. The number of hydrogen-bond acceptors (Lipinski definition) is 4. The van der Waals surface area contributed by atoms with Crippen LogP contribution in [0.15, 0.2) is 36.5 Å². The summed E-state index contributed by atoms with van der Waals surface area (Å²) in [5, 5.41) is 4.14. The fourth-order valence-electron chi connectivity index (χ4n) is 2.07. The Morgan fingerprint density at radius 3 is 2.48 bits per heavy atom. The zero-order valence-electron chi connectivity index (χ0n) is 11.3. The molecule has 1 unspecified atom stereocenters. The molecule has 0 aliphatic heterocycles. The molecular formula is C13H15F3N4O. The molecule has 0 saturated heterocycles. The number of nitrogens with one attached hydrogen (secondary N) is 1. The van der Waals surface area contributed by atoms with Crippen molar-refractivity contribution in [3.8, 4) is 5.75 Å². The molecule has 0 aliphatic rings. The number of ether oxygens (including phenoxy) is 1. The lowest BCUT2D eigenvalue weighted by molar-refractivity contribution is -0.274. The van der Waals surface area contributed by atoms with Crippen LogP contribution in [0.3, 0.4) is 0 Å². The zero-order chi connectivity index (χ0) is 15.5. The molecule has 0 radical (unpaired) electrons. The van der Waals surface area contributed by atoms with Crippen LogP contribution in [0.5, 0.6) is 5.75 Å². The average molecular weight is 300 g/mol. The summed E-state index contributed by atoms with van der Waals surface area (Å²) < 4.78 is 42.0. The number of benzene rings is 1. The highest BCUT2D eigenvalue weighted by atomic mass is 19.4. The van der Waals surface area contributed by atoms with Gasteiger partial charge in [0.15, 0.2) is 0 Å². The van der Waals surface area contributed by atoms with Crippen LogP contribution >= 0.6 is 0 Å². The summed E-state index contributed by atoms with van der Waals surface area (Å²) in [5.41, 5.74) is 4.17. The van der Waals surface area contributed by atoms with Crippen LogP contribution in [0.25, 0.3) is 0 Å². The second-order valence-electron chi connectivity index (χ2n) is 4.29. The zero-order valence-corrected chi connectivity index (χ0v) is 11.3.